The van der Waals surface area contributed by atoms with Crippen molar-refractivity contribution in [3.63, 3.8) is 0 Å². The molecule has 1 rings (SSSR count). The van der Waals surface area contributed by atoms with Crippen molar-refractivity contribution in [2.24, 2.45) is 0 Å². The molecule has 0 unspecified atom stereocenters. The lowest BCUT2D eigenvalue weighted by molar-refractivity contribution is 0.254. The SMILES string of the molecule is CS(=O)(=O)CCN1CCNCC1.Cl.Cl. The van der Waals surface area contributed by atoms with Crippen molar-refractivity contribution < 1.29 is 8.42 Å². The Labute approximate surface area is 98.2 Å². The third-order valence-electron chi connectivity index (χ3n) is 1.99. The molecule has 1 aliphatic heterocycles. The molecule has 0 bridgehead atoms. The van der Waals surface area contributed by atoms with Gasteiger partial charge in [0.05, 0.1) is 5.75 Å². The van der Waals surface area contributed by atoms with Crippen molar-refractivity contribution in [2.75, 3.05) is 44.7 Å². The molecule has 1 heterocycles. The Morgan fingerprint density at radius 1 is 1.21 bits per heavy atom. The molecule has 0 radical (unpaired) electrons. The van der Waals surface area contributed by atoms with Crippen molar-refractivity contribution in [1.82, 2.24) is 10.2 Å². The van der Waals surface area contributed by atoms with E-state index in [1.54, 1.807) is 0 Å². The van der Waals surface area contributed by atoms with Crippen molar-refractivity contribution in [3.05, 3.63) is 0 Å². The summed E-state index contributed by atoms with van der Waals surface area (Å²) in [6.45, 7) is 4.57. The van der Waals surface area contributed by atoms with Crippen molar-refractivity contribution >= 4 is 34.7 Å². The third kappa shape index (κ3) is 7.82. The van der Waals surface area contributed by atoms with Gasteiger partial charge in [-0.25, -0.2) is 8.42 Å². The van der Waals surface area contributed by atoms with Gasteiger partial charge in [0, 0.05) is 39.0 Å². The van der Waals surface area contributed by atoms with Gasteiger partial charge in [0.15, 0.2) is 0 Å². The maximum Gasteiger partial charge on any atom is 0.148 e. The van der Waals surface area contributed by atoms with Gasteiger partial charge >= 0.3 is 0 Å². The lowest BCUT2D eigenvalue weighted by Gasteiger charge is -2.26. The van der Waals surface area contributed by atoms with E-state index in [1.165, 1.54) is 6.26 Å². The Morgan fingerprint density at radius 2 is 1.71 bits per heavy atom. The lowest BCUT2D eigenvalue weighted by Crippen LogP contribution is -2.45. The largest absolute Gasteiger partial charge is 0.314 e. The summed E-state index contributed by atoms with van der Waals surface area (Å²) < 4.78 is 21.7. The van der Waals surface area contributed by atoms with Crippen LogP contribution >= 0.6 is 24.8 Å². The number of piperazine rings is 1. The second-order valence-corrected chi connectivity index (χ2v) is 5.48. The van der Waals surface area contributed by atoms with Crippen LogP contribution in [0.25, 0.3) is 0 Å². The van der Waals surface area contributed by atoms with Crippen LogP contribution in [0.2, 0.25) is 0 Å². The van der Waals surface area contributed by atoms with E-state index >= 15 is 0 Å². The van der Waals surface area contributed by atoms with Crippen LogP contribution in [0.3, 0.4) is 0 Å². The number of nitrogens with zero attached hydrogens (tertiary/aromatic N) is 1. The molecule has 1 fully saturated rings. The molecular formula is C7H18Cl2N2O2S. The summed E-state index contributed by atoms with van der Waals surface area (Å²) in [4.78, 5) is 2.18. The second-order valence-electron chi connectivity index (χ2n) is 3.22. The Hall–Kier alpha value is 0.450. The van der Waals surface area contributed by atoms with Crippen molar-refractivity contribution in [3.8, 4) is 0 Å². The molecule has 0 atom stereocenters. The topological polar surface area (TPSA) is 49.4 Å². The van der Waals surface area contributed by atoms with Gasteiger partial charge in [-0.1, -0.05) is 0 Å². The summed E-state index contributed by atoms with van der Waals surface area (Å²) in [5.41, 5.74) is 0. The molecule has 7 heteroatoms. The maximum absolute atomic E-state index is 10.8. The Kier molecular flexibility index (Phi) is 9.28. The van der Waals surface area contributed by atoms with E-state index in [0.29, 0.717) is 6.54 Å². The Bertz CT molecular complexity index is 228. The summed E-state index contributed by atoms with van der Waals surface area (Å²) in [5, 5.41) is 3.22. The second kappa shape index (κ2) is 7.70. The van der Waals surface area contributed by atoms with E-state index in [-0.39, 0.29) is 30.6 Å². The molecule has 1 N–H and O–H groups in total. The Morgan fingerprint density at radius 3 is 2.14 bits per heavy atom. The van der Waals surface area contributed by atoms with Crippen LogP contribution in [0.5, 0.6) is 0 Å². The van der Waals surface area contributed by atoms with Crippen LogP contribution in [0.15, 0.2) is 0 Å². The summed E-state index contributed by atoms with van der Waals surface area (Å²) in [5.74, 6) is 0.285. The molecule has 0 saturated carbocycles. The van der Waals surface area contributed by atoms with Crippen molar-refractivity contribution in [2.45, 2.75) is 0 Å². The monoisotopic (exact) mass is 264 g/mol. The summed E-state index contributed by atoms with van der Waals surface area (Å²) in [6, 6.07) is 0. The highest BCUT2D eigenvalue weighted by molar-refractivity contribution is 7.90. The lowest BCUT2D eigenvalue weighted by atomic mass is 10.4. The zero-order chi connectivity index (χ0) is 9.03. The molecule has 0 aromatic heterocycles. The van der Waals surface area contributed by atoms with Gasteiger partial charge in [0.1, 0.15) is 9.84 Å². The molecule has 1 saturated heterocycles. The van der Waals surface area contributed by atoms with E-state index in [1.807, 2.05) is 0 Å². The minimum absolute atomic E-state index is 0. The fourth-order valence-electron chi connectivity index (χ4n) is 1.23. The third-order valence-corrected chi connectivity index (χ3v) is 2.91. The number of sulfone groups is 1. The molecule has 0 aromatic carbocycles. The molecule has 14 heavy (non-hydrogen) atoms. The zero-order valence-corrected chi connectivity index (χ0v) is 10.7. The first-order valence-corrected chi connectivity index (χ1v) is 6.25. The van der Waals surface area contributed by atoms with E-state index in [4.69, 9.17) is 0 Å². The predicted molar refractivity (Wildman–Crippen MR) is 63.5 cm³/mol. The molecule has 0 aromatic rings. The standard InChI is InChI=1S/C7H16N2O2S.2ClH/c1-12(10,11)7-6-9-4-2-8-3-5-9;;/h8H,2-7H2,1H3;2*1H. The fraction of sp³-hybridized carbons (Fsp3) is 1.00. The smallest absolute Gasteiger partial charge is 0.148 e. The normalized spacial score (nSPS) is 18.1. The van der Waals surface area contributed by atoms with Crippen LogP contribution in [0, 0.1) is 0 Å². The number of rotatable bonds is 3. The van der Waals surface area contributed by atoms with E-state index in [2.05, 4.69) is 10.2 Å². The van der Waals surface area contributed by atoms with Gasteiger partial charge in [0.2, 0.25) is 0 Å². The average molecular weight is 265 g/mol. The minimum Gasteiger partial charge on any atom is -0.314 e. The van der Waals surface area contributed by atoms with Crippen LogP contribution in [-0.2, 0) is 9.84 Å². The van der Waals surface area contributed by atoms with Gasteiger partial charge in [-0.2, -0.15) is 0 Å². The van der Waals surface area contributed by atoms with Crippen LogP contribution < -0.4 is 5.32 Å². The minimum atomic E-state index is -2.79. The highest BCUT2D eigenvalue weighted by Crippen LogP contribution is 1.93. The van der Waals surface area contributed by atoms with Gasteiger partial charge in [0.25, 0.3) is 0 Å². The van der Waals surface area contributed by atoms with E-state index in [0.717, 1.165) is 26.2 Å². The first kappa shape index (κ1) is 16.9. The number of nitrogens with one attached hydrogen (secondary N) is 1. The number of hydrogen-bond acceptors (Lipinski definition) is 4. The van der Waals surface area contributed by atoms with Gasteiger partial charge in [-0.3, -0.25) is 4.90 Å². The summed E-state index contributed by atoms with van der Waals surface area (Å²) >= 11 is 0. The first-order valence-electron chi connectivity index (χ1n) is 4.19. The average Bonchev–Trinajstić information content (AvgIpc) is 2.02. The predicted octanol–water partition coefficient (Wildman–Crippen LogP) is -0.220. The number of halogens is 2. The molecule has 4 nitrogen and oxygen atoms in total. The quantitative estimate of drug-likeness (QED) is 0.766. The van der Waals surface area contributed by atoms with E-state index < -0.39 is 9.84 Å². The zero-order valence-electron chi connectivity index (χ0n) is 8.23. The summed E-state index contributed by atoms with van der Waals surface area (Å²) in [6.07, 6.45) is 1.29. The van der Waals surface area contributed by atoms with Gasteiger partial charge in [-0.15, -0.1) is 24.8 Å². The van der Waals surface area contributed by atoms with Crippen LogP contribution in [-0.4, -0.2) is 58.1 Å². The van der Waals surface area contributed by atoms with Crippen molar-refractivity contribution in [1.29, 1.82) is 0 Å². The fourth-order valence-corrected chi connectivity index (χ4v) is 1.82. The van der Waals surface area contributed by atoms with Gasteiger partial charge in [-0.05, 0) is 0 Å². The summed E-state index contributed by atoms with van der Waals surface area (Å²) in [7, 11) is -2.79. The number of hydrogen-bond donors (Lipinski definition) is 1. The molecule has 0 spiro atoms. The highest BCUT2D eigenvalue weighted by atomic mass is 35.5. The Balaban J connectivity index is 0. The molecule has 1 aliphatic rings. The maximum atomic E-state index is 10.8. The van der Waals surface area contributed by atoms with Gasteiger partial charge < -0.3 is 5.32 Å². The van der Waals surface area contributed by atoms with Crippen LogP contribution in [0.1, 0.15) is 0 Å². The molecule has 0 aliphatic carbocycles. The first-order chi connectivity index (χ1) is 5.58. The molecule has 88 valence electrons. The molecular weight excluding hydrogens is 247 g/mol. The van der Waals surface area contributed by atoms with Crippen LogP contribution in [0.4, 0.5) is 0 Å². The molecule has 0 amide bonds. The van der Waals surface area contributed by atoms with E-state index in [9.17, 15) is 8.42 Å². The highest BCUT2D eigenvalue weighted by Gasteiger charge is 2.11.